The van der Waals surface area contributed by atoms with Gasteiger partial charge in [-0.3, -0.25) is 4.79 Å². The molecule has 1 amide bonds. The molecule has 2 rings (SSSR count). The van der Waals surface area contributed by atoms with E-state index in [1.165, 1.54) is 19.3 Å². The van der Waals surface area contributed by atoms with Gasteiger partial charge in [0.25, 0.3) is 0 Å². The highest BCUT2D eigenvalue weighted by molar-refractivity contribution is 5.98. The van der Waals surface area contributed by atoms with Crippen molar-refractivity contribution in [1.82, 2.24) is 0 Å². The van der Waals surface area contributed by atoms with Crippen LogP contribution >= 0.6 is 0 Å². The number of carbonyl (C=O) groups excluding carboxylic acids is 1. The molecule has 1 aliphatic rings. The Kier molecular flexibility index (Phi) is 4.88. The third-order valence-electron chi connectivity index (χ3n) is 4.07. The molecule has 1 fully saturated rings. The van der Waals surface area contributed by atoms with Gasteiger partial charge in [-0.25, -0.2) is 0 Å². The molecule has 0 saturated carbocycles. The van der Waals surface area contributed by atoms with Crippen molar-refractivity contribution >= 4 is 17.3 Å². The molecular formula is C17H27N3O. The first kappa shape index (κ1) is 15.8. The predicted octanol–water partition coefficient (Wildman–Crippen LogP) is 2.99. The summed E-state index contributed by atoms with van der Waals surface area (Å²) in [6.45, 7) is 8.05. The van der Waals surface area contributed by atoms with Crippen LogP contribution in [0.4, 0.5) is 11.4 Å². The number of hydrogen-bond donors (Lipinski definition) is 2. The van der Waals surface area contributed by atoms with E-state index in [4.69, 9.17) is 5.73 Å². The maximum atomic E-state index is 12.3. The van der Waals surface area contributed by atoms with Crippen molar-refractivity contribution in [2.24, 2.45) is 11.1 Å². The van der Waals surface area contributed by atoms with Crippen LogP contribution in [0.25, 0.3) is 0 Å². The number of nitrogens with zero attached hydrogens (tertiary/aromatic N) is 1. The fourth-order valence-electron chi connectivity index (χ4n) is 2.59. The molecule has 0 bridgehead atoms. The molecule has 116 valence electrons. The van der Waals surface area contributed by atoms with Crippen molar-refractivity contribution < 1.29 is 4.79 Å². The van der Waals surface area contributed by atoms with Crippen LogP contribution in [0.3, 0.4) is 0 Å². The Hall–Kier alpha value is -1.55. The topological polar surface area (TPSA) is 58.4 Å². The van der Waals surface area contributed by atoms with Gasteiger partial charge in [0.1, 0.15) is 0 Å². The second-order valence-corrected chi connectivity index (χ2v) is 6.90. The SMILES string of the molecule is CC(C)(C)C(N)C(=O)Nc1ccccc1N1CCCCC1. The standard InChI is InChI=1S/C17H27N3O/c1-17(2,3)15(18)16(21)19-13-9-5-6-10-14(13)20-11-7-4-8-12-20/h5-6,9-10,15H,4,7-8,11-12,18H2,1-3H3,(H,19,21). The van der Waals surface area contributed by atoms with Gasteiger partial charge in [-0.1, -0.05) is 32.9 Å². The van der Waals surface area contributed by atoms with Gasteiger partial charge in [-0.05, 0) is 36.8 Å². The highest BCUT2D eigenvalue weighted by Gasteiger charge is 2.28. The smallest absolute Gasteiger partial charge is 0.241 e. The first-order valence-electron chi connectivity index (χ1n) is 7.80. The lowest BCUT2D eigenvalue weighted by atomic mass is 9.87. The van der Waals surface area contributed by atoms with Gasteiger partial charge in [0, 0.05) is 13.1 Å². The molecule has 1 aromatic carbocycles. The zero-order valence-electron chi connectivity index (χ0n) is 13.4. The van der Waals surface area contributed by atoms with Crippen molar-refractivity contribution in [3.8, 4) is 0 Å². The number of anilines is 2. The Labute approximate surface area is 127 Å². The quantitative estimate of drug-likeness (QED) is 0.899. The lowest BCUT2D eigenvalue weighted by Gasteiger charge is -2.31. The molecule has 0 radical (unpaired) electrons. The molecule has 3 N–H and O–H groups in total. The number of benzene rings is 1. The van der Waals surface area contributed by atoms with E-state index in [2.05, 4.69) is 16.3 Å². The maximum Gasteiger partial charge on any atom is 0.241 e. The fourth-order valence-corrected chi connectivity index (χ4v) is 2.59. The van der Waals surface area contributed by atoms with Crippen LogP contribution in [-0.4, -0.2) is 25.0 Å². The van der Waals surface area contributed by atoms with Crippen molar-refractivity contribution in [2.45, 2.75) is 46.1 Å². The van der Waals surface area contributed by atoms with Crippen LogP contribution in [0.2, 0.25) is 0 Å². The van der Waals surface area contributed by atoms with E-state index in [1.807, 2.05) is 39.0 Å². The van der Waals surface area contributed by atoms with E-state index in [0.717, 1.165) is 24.5 Å². The first-order chi connectivity index (χ1) is 9.89. The van der Waals surface area contributed by atoms with Crippen LogP contribution in [-0.2, 0) is 4.79 Å². The normalized spacial score (nSPS) is 17.4. The van der Waals surface area contributed by atoms with E-state index in [0.29, 0.717) is 0 Å². The minimum absolute atomic E-state index is 0.119. The third-order valence-corrected chi connectivity index (χ3v) is 4.07. The summed E-state index contributed by atoms with van der Waals surface area (Å²) in [5, 5.41) is 3.01. The summed E-state index contributed by atoms with van der Waals surface area (Å²) in [4.78, 5) is 14.7. The Bertz CT molecular complexity index is 487. The number of nitrogens with two attached hydrogens (primary N) is 1. The van der Waals surface area contributed by atoms with E-state index >= 15 is 0 Å². The second-order valence-electron chi connectivity index (χ2n) is 6.90. The van der Waals surface area contributed by atoms with E-state index in [9.17, 15) is 4.79 Å². The molecule has 4 heteroatoms. The van der Waals surface area contributed by atoms with Gasteiger partial charge in [-0.2, -0.15) is 0 Å². The summed E-state index contributed by atoms with van der Waals surface area (Å²) < 4.78 is 0. The molecule has 1 aromatic rings. The van der Waals surface area contributed by atoms with Crippen LogP contribution < -0.4 is 16.0 Å². The van der Waals surface area contributed by atoms with Gasteiger partial charge in [-0.15, -0.1) is 0 Å². The number of nitrogens with one attached hydrogen (secondary N) is 1. The van der Waals surface area contributed by atoms with E-state index in [-0.39, 0.29) is 11.3 Å². The minimum atomic E-state index is -0.521. The van der Waals surface area contributed by atoms with Gasteiger partial charge >= 0.3 is 0 Å². The van der Waals surface area contributed by atoms with E-state index in [1.54, 1.807) is 0 Å². The molecule has 21 heavy (non-hydrogen) atoms. The number of rotatable bonds is 3. The third kappa shape index (κ3) is 3.97. The highest BCUT2D eigenvalue weighted by atomic mass is 16.2. The first-order valence-corrected chi connectivity index (χ1v) is 7.80. The van der Waals surface area contributed by atoms with Gasteiger partial charge in [0.2, 0.25) is 5.91 Å². The molecule has 1 heterocycles. The summed E-state index contributed by atoms with van der Waals surface area (Å²) in [5.74, 6) is -0.119. The van der Waals surface area contributed by atoms with Gasteiger partial charge in [0.05, 0.1) is 17.4 Å². The summed E-state index contributed by atoms with van der Waals surface area (Å²) in [6.07, 6.45) is 3.72. The Morgan fingerprint density at radius 2 is 1.81 bits per heavy atom. The molecule has 1 unspecified atom stereocenters. The second kappa shape index (κ2) is 6.48. The summed E-state index contributed by atoms with van der Waals surface area (Å²) >= 11 is 0. The summed E-state index contributed by atoms with van der Waals surface area (Å²) in [5.41, 5.74) is 7.77. The molecule has 1 aliphatic heterocycles. The van der Waals surface area contributed by atoms with Crippen molar-refractivity contribution in [2.75, 3.05) is 23.3 Å². The van der Waals surface area contributed by atoms with Crippen LogP contribution in [0.15, 0.2) is 24.3 Å². The Morgan fingerprint density at radius 3 is 2.43 bits per heavy atom. The molecule has 1 saturated heterocycles. The minimum Gasteiger partial charge on any atom is -0.370 e. The summed E-state index contributed by atoms with van der Waals surface area (Å²) in [6, 6.07) is 7.47. The van der Waals surface area contributed by atoms with E-state index < -0.39 is 6.04 Å². The van der Waals surface area contributed by atoms with Crippen LogP contribution in [0, 0.1) is 5.41 Å². The average molecular weight is 289 g/mol. The van der Waals surface area contributed by atoms with Crippen LogP contribution in [0.1, 0.15) is 40.0 Å². The molecule has 4 nitrogen and oxygen atoms in total. The van der Waals surface area contributed by atoms with Crippen molar-refractivity contribution in [3.63, 3.8) is 0 Å². The molecular weight excluding hydrogens is 262 g/mol. The van der Waals surface area contributed by atoms with Gasteiger partial charge in [0.15, 0.2) is 0 Å². The number of para-hydroxylation sites is 2. The number of piperidine rings is 1. The average Bonchev–Trinajstić information content (AvgIpc) is 2.47. The van der Waals surface area contributed by atoms with Gasteiger partial charge < -0.3 is 16.0 Å². The van der Waals surface area contributed by atoms with Crippen molar-refractivity contribution in [3.05, 3.63) is 24.3 Å². The predicted molar refractivity (Wildman–Crippen MR) is 88.6 cm³/mol. The Balaban J connectivity index is 2.15. The molecule has 0 aliphatic carbocycles. The lowest BCUT2D eigenvalue weighted by Crippen LogP contribution is -2.45. The number of amides is 1. The maximum absolute atomic E-state index is 12.3. The number of hydrogen-bond acceptors (Lipinski definition) is 3. The zero-order chi connectivity index (χ0) is 15.5. The lowest BCUT2D eigenvalue weighted by molar-refractivity contribution is -0.119. The Morgan fingerprint density at radius 1 is 1.19 bits per heavy atom. The summed E-state index contributed by atoms with van der Waals surface area (Å²) in [7, 11) is 0. The molecule has 0 spiro atoms. The van der Waals surface area contributed by atoms with Crippen molar-refractivity contribution in [1.29, 1.82) is 0 Å². The number of carbonyl (C=O) groups is 1. The largest absolute Gasteiger partial charge is 0.370 e. The zero-order valence-corrected chi connectivity index (χ0v) is 13.4. The molecule has 0 aromatic heterocycles. The van der Waals surface area contributed by atoms with Crippen LogP contribution in [0.5, 0.6) is 0 Å². The highest BCUT2D eigenvalue weighted by Crippen LogP contribution is 2.29. The molecule has 1 atom stereocenters. The monoisotopic (exact) mass is 289 g/mol. The fraction of sp³-hybridized carbons (Fsp3) is 0.588.